The van der Waals surface area contributed by atoms with E-state index in [4.69, 9.17) is 0 Å². The van der Waals surface area contributed by atoms with Gasteiger partial charge in [-0.15, -0.1) is 0 Å². The molecule has 1 amide bonds. The molecular weight excluding hydrogens is 244 g/mol. The van der Waals surface area contributed by atoms with Crippen molar-refractivity contribution in [1.82, 2.24) is 4.90 Å². The topological polar surface area (TPSA) is 32.3 Å². The van der Waals surface area contributed by atoms with Crippen molar-refractivity contribution in [3.05, 3.63) is 29.8 Å². The van der Waals surface area contributed by atoms with Crippen LogP contribution in [0.2, 0.25) is 0 Å². The number of amides is 1. The van der Waals surface area contributed by atoms with Gasteiger partial charge in [0.15, 0.2) is 0 Å². The van der Waals surface area contributed by atoms with E-state index in [-0.39, 0.29) is 11.9 Å². The lowest BCUT2D eigenvalue weighted by Gasteiger charge is -2.32. The minimum Gasteiger partial charge on any atom is -0.373 e. The fourth-order valence-corrected chi connectivity index (χ4v) is 3.70. The van der Waals surface area contributed by atoms with Crippen LogP contribution in [0.15, 0.2) is 24.3 Å². The predicted octanol–water partition coefficient (Wildman–Crippen LogP) is 1.99. The third-order valence-corrected chi connectivity index (χ3v) is 4.76. The molecule has 0 saturated carbocycles. The number of thioether (sulfide) groups is 1. The van der Waals surface area contributed by atoms with E-state index in [1.165, 1.54) is 5.56 Å². The highest BCUT2D eigenvalue weighted by Crippen LogP contribution is 2.27. The van der Waals surface area contributed by atoms with Crippen molar-refractivity contribution in [1.29, 1.82) is 0 Å². The molecule has 1 aromatic carbocycles. The molecule has 1 saturated heterocycles. The summed E-state index contributed by atoms with van der Waals surface area (Å²) < 4.78 is 0. The zero-order valence-corrected chi connectivity index (χ0v) is 11.4. The first-order valence-electron chi connectivity index (χ1n) is 6.49. The van der Waals surface area contributed by atoms with Gasteiger partial charge in [0, 0.05) is 36.2 Å². The highest BCUT2D eigenvalue weighted by atomic mass is 32.2. The van der Waals surface area contributed by atoms with Gasteiger partial charge in [-0.25, -0.2) is 0 Å². The Hall–Kier alpha value is -1.16. The van der Waals surface area contributed by atoms with E-state index in [0.29, 0.717) is 5.25 Å². The van der Waals surface area contributed by atoms with Crippen LogP contribution in [0.4, 0.5) is 5.69 Å². The number of fused-ring (bicyclic) bond motifs is 1. The van der Waals surface area contributed by atoms with Crippen molar-refractivity contribution in [2.75, 3.05) is 24.2 Å². The van der Waals surface area contributed by atoms with Gasteiger partial charge in [0.25, 0.3) is 0 Å². The Morgan fingerprint density at radius 2 is 2.28 bits per heavy atom. The van der Waals surface area contributed by atoms with Crippen LogP contribution in [0.5, 0.6) is 0 Å². The number of hydrogen-bond donors (Lipinski definition) is 1. The summed E-state index contributed by atoms with van der Waals surface area (Å²) in [5.74, 6) is 1.32. The Bertz CT molecular complexity index is 438. The largest absolute Gasteiger partial charge is 0.373 e. The Morgan fingerprint density at radius 1 is 1.44 bits per heavy atom. The van der Waals surface area contributed by atoms with Crippen LogP contribution in [0, 0.1) is 0 Å². The summed E-state index contributed by atoms with van der Waals surface area (Å²) in [5, 5.41) is 3.91. The van der Waals surface area contributed by atoms with Crippen LogP contribution >= 0.6 is 11.8 Å². The number of hydrogen-bond acceptors (Lipinski definition) is 3. The monoisotopic (exact) mass is 262 g/mol. The third kappa shape index (κ3) is 2.21. The van der Waals surface area contributed by atoms with Gasteiger partial charge in [0.05, 0.1) is 0 Å². The van der Waals surface area contributed by atoms with E-state index in [1.54, 1.807) is 0 Å². The second-order valence-electron chi connectivity index (χ2n) is 5.02. The Kier molecular flexibility index (Phi) is 3.20. The minimum atomic E-state index is -0.0577. The summed E-state index contributed by atoms with van der Waals surface area (Å²) >= 11 is 1.95. The van der Waals surface area contributed by atoms with E-state index in [2.05, 4.69) is 24.4 Å². The molecule has 1 aromatic rings. The molecule has 2 atom stereocenters. The Balaban J connectivity index is 1.68. The van der Waals surface area contributed by atoms with Gasteiger partial charge in [-0.1, -0.05) is 25.1 Å². The van der Waals surface area contributed by atoms with Crippen molar-refractivity contribution in [3.63, 3.8) is 0 Å². The third-order valence-electron chi connectivity index (χ3n) is 3.62. The van der Waals surface area contributed by atoms with Crippen molar-refractivity contribution in [2.45, 2.75) is 24.6 Å². The Morgan fingerprint density at radius 3 is 3.06 bits per heavy atom. The summed E-state index contributed by atoms with van der Waals surface area (Å²) in [6.45, 7) is 3.97. The van der Waals surface area contributed by atoms with Crippen molar-refractivity contribution < 1.29 is 4.79 Å². The lowest BCUT2D eigenvalue weighted by molar-refractivity contribution is -0.131. The van der Waals surface area contributed by atoms with Crippen LogP contribution in [0.1, 0.15) is 12.5 Å². The van der Waals surface area contributed by atoms with Crippen LogP contribution in [0.3, 0.4) is 0 Å². The maximum Gasteiger partial charge on any atom is 0.245 e. The molecule has 0 spiro atoms. The molecule has 2 aliphatic heterocycles. The number of rotatable bonds is 1. The summed E-state index contributed by atoms with van der Waals surface area (Å²) in [6, 6.07) is 8.14. The number of nitrogens with zero attached hydrogens (tertiary/aromatic N) is 1. The van der Waals surface area contributed by atoms with E-state index in [0.717, 1.165) is 31.0 Å². The number of para-hydroxylation sites is 1. The van der Waals surface area contributed by atoms with Crippen LogP contribution in [0.25, 0.3) is 0 Å². The van der Waals surface area contributed by atoms with Gasteiger partial charge in [-0.3, -0.25) is 4.79 Å². The number of anilines is 1. The molecule has 0 aliphatic carbocycles. The van der Waals surface area contributed by atoms with Crippen LogP contribution in [-0.2, 0) is 11.2 Å². The maximum atomic E-state index is 12.5. The maximum absolute atomic E-state index is 12.5. The number of carbonyl (C=O) groups excluding carboxylic acids is 1. The molecule has 18 heavy (non-hydrogen) atoms. The highest BCUT2D eigenvalue weighted by Gasteiger charge is 2.31. The molecule has 2 aliphatic rings. The summed E-state index contributed by atoms with van der Waals surface area (Å²) in [6.07, 6.45) is 0.826. The summed E-state index contributed by atoms with van der Waals surface area (Å²) in [4.78, 5) is 14.5. The zero-order chi connectivity index (χ0) is 12.5. The van der Waals surface area contributed by atoms with Gasteiger partial charge in [0.2, 0.25) is 5.91 Å². The van der Waals surface area contributed by atoms with Gasteiger partial charge < -0.3 is 10.2 Å². The standard InChI is InChI=1S/C14H18N2OS/c1-10-9-16(6-7-18-10)14(17)13-8-11-4-2-3-5-12(11)15-13/h2-5,10,13,15H,6-9H2,1H3. The fourth-order valence-electron chi connectivity index (χ4n) is 2.69. The molecule has 0 bridgehead atoms. The first kappa shape index (κ1) is 11.9. The molecule has 2 heterocycles. The molecule has 96 valence electrons. The molecule has 4 heteroatoms. The number of carbonyl (C=O) groups is 1. The van der Waals surface area contributed by atoms with E-state index >= 15 is 0 Å². The second-order valence-corrected chi connectivity index (χ2v) is 6.57. The molecule has 3 nitrogen and oxygen atoms in total. The van der Waals surface area contributed by atoms with E-state index in [9.17, 15) is 4.79 Å². The molecular formula is C14H18N2OS. The molecule has 0 aromatic heterocycles. The minimum absolute atomic E-state index is 0.0577. The van der Waals surface area contributed by atoms with Gasteiger partial charge >= 0.3 is 0 Å². The van der Waals surface area contributed by atoms with Crippen molar-refractivity contribution in [2.24, 2.45) is 0 Å². The lowest BCUT2D eigenvalue weighted by atomic mass is 10.1. The van der Waals surface area contributed by atoms with Crippen LogP contribution in [-0.4, -0.2) is 40.9 Å². The SMILES string of the molecule is CC1CN(C(=O)C2Cc3ccccc3N2)CCS1. The lowest BCUT2D eigenvalue weighted by Crippen LogP contribution is -2.47. The van der Waals surface area contributed by atoms with Gasteiger partial charge in [-0.05, 0) is 11.6 Å². The first-order valence-corrected chi connectivity index (χ1v) is 7.54. The molecule has 0 radical (unpaired) electrons. The predicted molar refractivity (Wildman–Crippen MR) is 76.1 cm³/mol. The van der Waals surface area contributed by atoms with Crippen LogP contribution < -0.4 is 5.32 Å². The van der Waals surface area contributed by atoms with Crippen molar-refractivity contribution in [3.8, 4) is 0 Å². The molecule has 3 rings (SSSR count). The van der Waals surface area contributed by atoms with E-state index < -0.39 is 0 Å². The molecule has 1 N–H and O–H groups in total. The average molecular weight is 262 g/mol. The highest BCUT2D eigenvalue weighted by molar-refractivity contribution is 7.99. The molecule has 1 fully saturated rings. The quantitative estimate of drug-likeness (QED) is 0.840. The zero-order valence-electron chi connectivity index (χ0n) is 10.6. The number of nitrogens with one attached hydrogen (secondary N) is 1. The van der Waals surface area contributed by atoms with Gasteiger partial charge in [-0.2, -0.15) is 11.8 Å². The van der Waals surface area contributed by atoms with E-state index in [1.807, 2.05) is 28.8 Å². The smallest absolute Gasteiger partial charge is 0.245 e. The molecule has 2 unspecified atom stereocenters. The first-order chi connectivity index (χ1) is 8.74. The van der Waals surface area contributed by atoms with Crippen molar-refractivity contribution >= 4 is 23.4 Å². The summed E-state index contributed by atoms with van der Waals surface area (Å²) in [5.41, 5.74) is 2.38. The fraction of sp³-hybridized carbons (Fsp3) is 0.500. The Labute approximate surface area is 112 Å². The normalized spacial score (nSPS) is 26.6. The average Bonchev–Trinajstić information content (AvgIpc) is 2.81. The second kappa shape index (κ2) is 4.84. The van der Waals surface area contributed by atoms with Gasteiger partial charge in [0.1, 0.15) is 6.04 Å². The summed E-state index contributed by atoms with van der Waals surface area (Å²) in [7, 11) is 0. The number of benzene rings is 1.